The summed E-state index contributed by atoms with van der Waals surface area (Å²) in [5.41, 5.74) is 5.78. The average Bonchev–Trinajstić information content (AvgIpc) is 3.57. The lowest BCUT2D eigenvalue weighted by Crippen LogP contribution is -2.54. The Morgan fingerprint density at radius 1 is 0.895 bits per heavy atom. The minimum Gasteiger partial charge on any atom is -0.274 e. The first kappa shape index (κ1) is 23.1. The monoisotopic (exact) mass is 537 g/mol. The summed E-state index contributed by atoms with van der Waals surface area (Å²) in [6, 6.07) is 26.2. The molecule has 3 amide bonds. The number of hydrogen-bond acceptors (Lipinski definition) is 5. The molecule has 2 atom stereocenters. The quantitative estimate of drug-likeness (QED) is 0.216. The van der Waals surface area contributed by atoms with E-state index in [1.807, 2.05) is 53.9 Å². The Bertz CT molecular complexity index is 1620. The van der Waals surface area contributed by atoms with E-state index in [-0.39, 0.29) is 23.6 Å². The number of para-hydroxylation sites is 1. The molecule has 6 nitrogen and oxygen atoms in total. The molecule has 0 saturated carbocycles. The summed E-state index contributed by atoms with van der Waals surface area (Å²) in [7, 11) is 0. The molecule has 3 aliphatic carbocycles. The first-order valence-electron chi connectivity index (χ1n) is 12.2. The van der Waals surface area contributed by atoms with E-state index in [2.05, 4.69) is 10.5 Å². The number of hydrazone groups is 1. The first-order valence-corrected chi connectivity index (χ1v) is 13.5. The predicted molar refractivity (Wildman–Crippen MR) is 147 cm³/mol. The molecule has 4 aliphatic rings. The molecule has 2 bridgehead atoms. The SMILES string of the molecule is O=C(N/N=C\C12c3ccccc3C(c3ccccc31)[C@@H]1C(=O)N(c3ccccc3Cl)C(=O)[C@@H]12)c1cccs1. The Labute approximate surface area is 227 Å². The topological polar surface area (TPSA) is 78.8 Å². The maximum atomic E-state index is 14.3. The highest BCUT2D eigenvalue weighted by Gasteiger charge is 2.68. The molecule has 0 spiro atoms. The van der Waals surface area contributed by atoms with Crippen molar-refractivity contribution in [2.45, 2.75) is 11.3 Å². The highest BCUT2D eigenvalue weighted by molar-refractivity contribution is 7.12. The number of halogens is 1. The van der Waals surface area contributed by atoms with Crippen LogP contribution >= 0.6 is 22.9 Å². The number of nitrogens with one attached hydrogen (secondary N) is 1. The van der Waals surface area contributed by atoms with Gasteiger partial charge < -0.3 is 0 Å². The number of nitrogens with zero attached hydrogens (tertiary/aromatic N) is 2. The van der Waals surface area contributed by atoms with Crippen LogP contribution in [0.4, 0.5) is 5.69 Å². The van der Waals surface area contributed by atoms with Gasteiger partial charge >= 0.3 is 0 Å². The fourth-order valence-corrected chi connectivity index (χ4v) is 7.41. The number of rotatable bonds is 4. The maximum absolute atomic E-state index is 14.3. The molecule has 1 N–H and O–H groups in total. The molecule has 1 fully saturated rings. The number of thiophene rings is 1. The van der Waals surface area contributed by atoms with Crippen molar-refractivity contribution in [1.82, 2.24) is 5.43 Å². The molecule has 8 heteroatoms. The van der Waals surface area contributed by atoms with Gasteiger partial charge in [0.1, 0.15) is 0 Å². The average molecular weight is 538 g/mol. The van der Waals surface area contributed by atoms with Gasteiger partial charge in [-0.3, -0.25) is 14.4 Å². The number of imide groups is 1. The van der Waals surface area contributed by atoms with Crippen molar-refractivity contribution in [3.8, 4) is 0 Å². The van der Waals surface area contributed by atoms with Crippen molar-refractivity contribution >= 4 is 52.6 Å². The largest absolute Gasteiger partial charge is 0.281 e. The van der Waals surface area contributed by atoms with Crippen LogP contribution in [0.15, 0.2) is 95.4 Å². The molecule has 0 unspecified atom stereocenters. The van der Waals surface area contributed by atoms with Gasteiger partial charge in [0.2, 0.25) is 11.8 Å². The normalized spacial score (nSPS) is 24.9. The van der Waals surface area contributed by atoms with E-state index in [4.69, 9.17) is 11.6 Å². The molecular weight excluding hydrogens is 518 g/mol. The minimum absolute atomic E-state index is 0.275. The standard InChI is InChI=1S/C30H20ClN3O3S/c31-21-12-5-6-13-22(21)34-28(36)25-24-17-8-1-3-10-19(17)30(26(25)29(34)37,20-11-4-2-9-18(20)24)16-32-33-27(35)23-14-7-15-38-23/h1-16,24-26H,(H,33,35)/b32-16-/t24?,25-,26+,30?/m0/s1. The summed E-state index contributed by atoms with van der Waals surface area (Å²) in [5, 5.41) is 6.58. The molecule has 3 aromatic carbocycles. The Kier molecular flexibility index (Phi) is 5.15. The zero-order valence-corrected chi connectivity index (χ0v) is 21.4. The van der Waals surface area contributed by atoms with Crippen LogP contribution in [0.5, 0.6) is 0 Å². The molecule has 38 heavy (non-hydrogen) atoms. The lowest BCUT2D eigenvalue weighted by Gasteiger charge is -2.52. The van der Waals surface area contributed by atoms with Crippen molar-refractivity contribution in [3.05, 3.63) is 122 Å². The van der Waals surface area contributed by atoms with Crippen molar-refractivity contribution < 1.29 is 14.4 Å². The van der Waals surface area contributed by atoms with E-state index in [0.29, 0.717) is 15.6 Å². The van der Waals surface area contributed by atoms with Crippen molar-refractivity contribution in [1.29, 1.82) is 0 Å². The van der Waals surface area contributed by atoms with Gasteiger partial charge in [0, 0.05) is 12.1 Å². The van der Waals surface area contributed by atoms with Gasteiger partial charge in [-0.25, -0.2) is 10.3 Å². The van der Waals surface area contributed by atoms with Gasteiger partial charge in [-0.15, -0.1) is 11.3 Å². The van der Waals surface area contributed by atoms with Crippen LogP contribution in [0.1, 0.15) is 37.8 Å². The van der Waals surface area contributed by atoms with Gasteiger partial charge in [0.25, 0.3) is 5.91 Å². The number of hydrogen-bond donors (Lipinski definition) is 1. The second kappa shape index (κ2) is 8.48. The van der Waals surface area contributed by atoms with Gasteiger partial charge in [-0.2, -0.15) is 5.10 Å². The van der Waals surface area contributed by atoms with Crippen molar-refractivity contribution in [3.63, 3.8) is 0 Å². The Hall–Kier alpha value is -4.07. The van der Waals surface area contributed by atoms with E-state index in [9.17, 15) is 14.4 Å². The molecule has 8 rings (SSSR count). The molecule has 2 heterocycles. The van der Waals surface area contributed by atoms with Crippen LogP contribution in [0.25, 0.3) is 0 Å². The molecule has 0 radical (unpaired) electrons. The van der Waals surface area contributed by atoms with Crippen LogP contribution in [0.3, 0.4) is 0 Å². The number of anilines is 1. The fraction of sp³-hybridized carbons (Fsp3) is 0.133. The van der Waals surface area contributed by atoms with E-state index in [0.717, 1.165) is 22.3 Å². The summed E-state index contributed by atoms with van der Waals surface area (Å²) in [6.45, 7) is 0. The number of benzene rings is 3. The summed E-state index contributed by atoms with van der Waals surface area (Å²) in [4.78, 5) is 42.9. The van der Waals surface area contributed by atoms with E-state index < -0.39 is 17.3 Å². The van der Waals surface area contributed by atoms with Crippen LogP contribution in [0.2, 0.25) is 5.02 Å². The molecule has 4 aromatic rings. The minimum atomic E-state index is -1.06. The third-order valence-electron chi connectivity index (χ3n) is 7.96. The predicted octanol–water partition coefficient (Wildman–Crippen LogP) is 5.37. The second-order valence-electron chi connectivity index (χ2n) is 9.66. The van der Waals surface area contributed by atoms with Crippen LogP contribution in [-0.2, 0) is 15.0 Å². The highest BCUT2D eigenvalue weighted by atomic mass is 35.5. The maximum Gasteiger partial charge on any atom is 0.281 e. The van der Waals surface area contributed by atoms with Crippen LogP contribution in [-0.4, -0.2) is 23.9 Å². The molecular formula is C30H20ClN3O3S. The lowest BCUT2D eigenvalue weighted by atomic mass is 9.47. The van der Waals surface area contributed by atoms with E-state index in [1.54, 1.807) is 42.6 Å². The van der Waals surface area contributed by atoms with Crippen LogP contribution in [0, 0.1) is 11.8 Å². The second-order valence-corrected chi connectivity index (χ2v) is 11.0. The third-order valence-corrected chi connectivity index (χ3v) is 9.14. The highest BCUT2D eigenvalue weighted by Crippen LogP contribution is 2.63. The van der Waals surface area contributed by atoms with Gasteiger partial charge in [0.15, 0.2) is 0 Å². The summed E-state index contributed by atoms with van der Waals surface area (Å²) >= 11 is 7.80. The number of carbonyl (C=O) groups is 3. The van der Waals surface area contributed by atoms with Gasteiger partial charge in [-0.1, -0.05) is 78.3 Å². The Balaban J connectivity index is 1.44. The Morgan fingerprint density at radius 3 is 2.21 bits per heavy atom. The number of amides is 3. The summed E-state index contributed by atoms with van der Waals surface area (Å²) < 4.78 is 0. The van der Waals surface area contributed by atoms with Crippen LogP contribution < -0.4 is 10.3 Å². The Morgan fingerprint density at radius 2 is 1.55 bits per heavy atom. The molecule has 1 aromatic heterocycles. The van der Waals surface area contributed by atoms with Crippen molar-refractivity contribution in [2.75, 3.05) is 4.90 Å². The molecule has 1 saturated heterocycles. The van der Waals surface area contributed by atoms with E-state index >= 15 is 0 Å². The lowest BCUT2D eigenvalue weighted by molar-refractivity contribution is -0.122. The molecule has 1 aliphatic heterocycles. The smallest absolute Gasteiger partial charge is 0.274 e. The third kappa shape index (κ3) is 3.00. The van der Waals surface area contributed by atoms with Crippen molar-refractivity contribution in [2.24, 2.45) is 16.9 Å². The summed E-state index contributed by atoms with van der Waals surface area (Å²) in [5.74, 6) is -2.60. The van der Waals surface area contributed by atoms with E-state index in [1.165, 1.54) is 16.2 Å². The molecule has 186 valence electrons. The zero-order chi connectivity index (χ0) is 26.0. The first-order chi connectivity index (χ1) is 18.5. The van der Waals surface area contributed by atoms with Gasteiger partial charge in [-0.05, 0) is 45.8 Å². The number of carbonyl (C=O) groups excluding carboxylic acids is 3. The zero-order valence-electron chi connectivity index (χ0n) is 19.9. The summed E-state index contributed by atoms with van der Waals surface area (Å²) in [6.07, 6.45) is 1.66. The van der Waals surface area contributed by atoms with Gasteiger partial charge in [0.05, 0.1) is 32.8 Å². The fourth-order valence-electron chi connectivity index (χ4n) is 6.58.